The zero-order chi connectivity index (χ0) is 36.6. The molecule has 50 heavy (non-hydrogen) atoms. The van der Waals surface area contributed by atoms with Crippen molar-refractivity contribution in [2.75, 3.05) is 10.6 Å². The Kier molecular flexibility index (Phi) is 11.5. The van der Waals surface area contributed by atoms with Gasteiger partial charge < -0.3 is 10.6 Å². The largest absolute Gasteiger partial charge is 0.324 e. The first-order chi connectivity index (χ1) is 23.5. The monoisotopic (exact) mass is 720 g/mol. The Morgan fingerprint density at radius 1 is 0.560 bits per heavy atom. The number of azo groups is 2. The van der Waals surface area contributed by atoms with Crippen LogP contribution in [0.3, 0.4) is 0 Å². The maximum Gasteiger partial charge on any atom is 0.295 e. The molecule has 0 aromatic heterocycles. The molecule has 0 fully saturated rings. The summed E-state index contributed by atoms with van der Waals surface area (Å²) in [4.78, 5) is 47.9. The average molecular weight is 721 g/mol. The molecule has 0 bridgehead atoms. The number of amides is 2. The lowest BCUT2D eigenvalue weighted by molar-refractivity contribution is -0.127. The number of hydrogen-bond donors (Lipinski definition) is 4. The van der Waals surface area contributed by atoms with E-state index in [0.29, 0.717) is 11.4 Å². The van der Waals surface area contributed by atoms with Crippen LogP contribution in [0.1, 0.15) is 13.8 Å². The fraction of sp³-hybridized carbons (Fsp3) is 0.125. The van der Waals surface area contributed by atoms with Crippen LogP contribution in [0.2, 0.25) is 0 Å². The number of para-hydroxylation sites is 2. The Morgan fingerprint density at radius 3 is 1.20 bits per heavy atom. The molecule has 2 atom stereocenters. The molecule has 0 heterocycles. The number of hydrogen-bond acceptors (Lipinski definition) is 12. The number of rotatable bonds is 13. The topological polar surface area (TPSA) is 251 Å². The number of ketones is 2. The van der Waals surface area contributed by atoms with Gasteiger partial charge in [0.15, 0.2) is 11.6 Å². The Labute approximate surface area is 285 Å². The van der Waals surface area contributed by atoms with Gasteiger partial charge in [0, 0.05) is 22.5 Å². The number of carbonyl (C=O) groups is 4. The highest BCUT2D eigenvalue weighted by Crippen LogP contribution is 2.37. The number of anilines is 2. The summed E-state index contributed by atoms with van der Waals surface area (Å²) < 4.78 is 69.9. The lowest BCUT2D eigenvalue weighted by Crippen LogP contribution is -2.31. The molecule has 0 aliphatic heterocycles. The van der Waals surface area contributed by atoms with Gasteiger partial charge in [-0.05, 0) is 62.4 Å². The molecule has 0 radical (unpaired) electrons. The first-order valence-corrected chi connectivity index (χ1v) is 17.2. The van der Waals surface area contributed by atoms with Crippen molar-refractivity contribution in [2.45, 2.75) is 35.7 Å². The highest BCUT2D eigenvalue weighted by atomic mass is 32.2. The van der Waals surface area contributed by atoms with Crippen molar-refractivity contribution in [3.05, 3.63) is 97.1 Å². The molecular weight excluding hydrogens is 693 g/mol. The average Bonchev–Trinajstić information content (AvgIpc) is 3.04. The van der Waals surface area contributed by atoms with E-state index in [0.717, 1.165) is 50.2 Å². The molecule has 18 heteroatoms. The molecular formula is C32H28N6O10S2. The first-order valence-electron chi connectivity index (χ1n) is 14.3. The summed E-state index contributed by atoms with van der Waals surface area (Å²) in [6.07, 6.45) is 0. The highest BCUT2D eigenvalue weighted by molar-refractivity contribution is 7.86. The molecule has 16 nitrogen and oxygen atoms in total. The standard InChI is InChI=1S/C32H28N6O10S2/c1-19(39)29(31(41)33-21-9-5-3-6-10-21)37-35-23-13-15-25(27(17-23)49(43,44)45)26-16-14-24(18-28(26)50(46,47)48)36-38-30(20(2)40)32(42)34-22-11-7-4-8-12-22/h3-18,29-30H,1-2H3,(H,33,41)(H,34,42)(H,43,44,45)(H,46,47,48). The third-order valence-electron chi connectivity index (χ3n) is 6.70. The maximum atomic E-state index is 12.7. The van der Waals surface area contributed by atoms with Gasteiger partial charge in [-0.15, -0.1) is 0 Å². The summed E-state index contributed by atoms with van der Waals surface area (Å²) >= 11 is 0. The molecule has 4 aromatic carbocycles. The minimum atomic E-state index is -5.10. The van der Waals surface area contributed by atoms with Crippen molar-refractivity contribution in [3.8, 4) is 11.1 Å². The van der Waals surface area contributed by atoms with Crippen LogP contribution < -0.4 is 10.6 Å². The number of nitrogens with one attached hydrogen (secondary N) is 2. The van der Waals surface area contributed by atoms with Gasteiger partial charge in [-0.2, -0.15) is 37.3 Å². The summed E-state index contributed by atoms with van der Waals surface area (Å²) in [6, 6.07) is 19.2. The van der Waals surface area contributed by atoms with Gasteiger partial charge in [0.2, 0.25) is 12.1 Å². The van der Waals surface area contributed by atoms with E-state index in [9.17, 15) is 45.1 Å². The predicted octanol–water partition coefficient (Wildman–Crippen LogP) is 5.21. The Hall–Kier alpha value is -5.82. The zero-order valence-corrected chi connectivity index (χ0v) is 27.8. The molecule has 4 rings (SSSR count). The molecule has 4 aromatic rings. The second-order valence-electron chi connectivity index (χ2n) is 10.5. The third kappa shape index (κ3) is 9.63. The van der Waals surface area contributed by atoms with E-state index in [1.165, 1.54) is 0 Å². The number of carbonyl (C=O) groups excluding carboxylic acids is 4. The second kappa shape index (κ2) is 15.6. The minimum Gasteiger partial charge on any atom is -0.324 e. The Balaban J connectivity index is 1.69. The molecule has 4 N–H and O–H groups in total. The van der Waals surface area contributed by atoms with Crippen LogP contribution >= 0.6 is 0 Å². The SMILES string of the molecule is CC(=O)C(N=Nc1ccc(-c2ccc(N=NC(C(C)=O)C(=O)Nc3ccccc3)cc2S(=O)(=O)O)c(S(=O)(=O)O)c1)C(=O)Nc1ccccc1. The minimum absolute atomic E-state index is 0.247. The van der Waals surface area contributed by atoms with Crippen LogP contribution in [0.5, 0.6) is 0 Å². The van der Waals surface area contributed by atoms with Gasteiger partial charge in [-0.3, -0.25) is 28.3 Å². The van der Waals surface area contributed by atoms with Crippen LogP contribution in [0.15, 0.2) is 127 Å². The lowest BCUT2D eigenvalue weighted by Gasteiger charge is -2.13. The summed E-state index contributed by atoms with van der Waals surface area (Å²) in [7, 11) is -10.2. The van der Waals surface area contributed by atoms with Gasteiger partial charge in [-0.1, -0.05) is 48.5 Å². The van der Waals surface area contributed by atoms with Crippen LogP contribution in [-0.4, -0.2) is 61.4 Å². The van der Waals surface area contributed by atoms with Gasteiger partial charge >= 0.3 is 0 Å². The van der Waals surface area contributed by atoms with Gasteiger partial charge in [-0.25, -0.2) is 0 Å². The third-order valence-corrected chi connectivity index (χ3v) is 8.49. The fourth-order valence-corrected chi connectivity index (χ4v) is 5.82. The fourth-order valence-electron chi connectivity index (χ4n) is 4.37. The van der Waals surface area contributed by atoms with Crippen molar-refractivity contribution in [1.29, 1.82) is 0 Å². The van der Waals surface area contributed by atoms with E-state index in [1.54, 1.807) is 60.7 Å². The molecule has 258 valence electrons. The molecule has 2 unspecified atom stereocenters. The highest BCUT2D eigenvalue weighted by Gasteiger charge is 2.27. The van der Waals surface area contributed by atoms with E-state index < -0.39 is 76.6 Å². The molecule has 0 saturated carbocycles. The van der Waals surface area contributed by atoms with Crippen molar-refractivity contribution < 1.29 is 45.1 Å². The van der Waals surface area contributed by atoms with E-state index in [2.05, 4.69) is 31.1 Å². The van der Waals surface area contributed by atoms with Gasteiger partial charge in [0.25, 0.3) is 32.1 Å². The Morgan fingerprint density at radius 2 is 0.900 bits per heavy atom. The lowest BCUT2D eigenvalue weighted by atomic mass is 10.0. The first kappa shape index (κ1) is 37.0. The summed E-state index contributed by atoms with van der Waals surface area (Å²) in [5.74, 6) is -3.01. The van der Waals surface area contributed by atoms with E-state index in [1.807, 2.05) is 0 Å². The van der Waals surface area contributed by atoms with Crippen molar-refractivity contribution >= 4 is 66.4 Å². The molecule has 0 aliphatic rings. The summed E-state index contributed by atoms with van der Waals surface area (Å²) in [5, 5.41) is 20.1. The quantitative estimate of drug-likeness (QED) is 0.0797. The van der Waals surface area contributed by atoms with Crippen molar-refractivity contribution in [1.82, 2.24) is 0 Å². The number of nitrogens with zero attached hydrogens (tertiary/aromatic N) is 4. The van der Waals surface area contributed by atoms with Crippen LogP contribution in [-0.2, 0) is 39.4 Å². The van der Waals surface area contributed by atoms with Crippen LogP contribution in [0.4, 0.5) is 22.7 Å². The van der Waals surface area contributed by atoms with E-state index in [-0.39, 0.29) is 11.4 Å². The maximum absolute atomic E-state index is 12.7. The van der Waals surface area contributed by atoms with E-state index >= 15 is 0 Å². The normalized spacial score (nSPS) is 13.1. The molecule has 0 saturated heterocycles. The van der Waals surface area contributed by atoms with Crippen molar-refractivity contribution in [3.63, 3.8) is 0 Å². The van der Waals surface area contributed by atoms with Crippen molar-refractivity contribution in [2.24, 2.45) is 20.5 Å². The van der Waals surface area contributed by atoms with Gasteiger partial charge in [0.05, 0.1) is 11.4 Å². The van der Waals surface area contributed by atoms with Crippen LogP contribution in [0, 0.1) is 0 Å². The number of Topliss-reactive ketones (excluding diaryl/α,β-unsaturated/α-hetero) is 2. The number of benzene rings is 4. The predicted molar refractivity (Wildman–Crippen MR) is 180 cm³/mol. The smallest absolute Gasteiger partial charge is 0.295 e. The second-order valence-corrected chi connectivity index (χ2v) is 13.3. The molecule has 0 spiro atoms. The summed E-state index contributed by atoms with van der Waals surface area (Å²) in [6.45, 7) is 2.20. The summed E-state index contributed by atoms with van der Waals surface area (Å²) in [5.41, 5.74) is -0.545. The Bertz CT molecular complexity index is 2070. The molecule has 2 amide bonds. The van der Waals surface area contributed by atoms with Gasteiger partial charge in [0.1, 0.15) is 9.79 Å². The van der Waals surface area contributed by atoms with E-state index in [4.69, 9.17) is 0 Å². The molecule has 0 aliphatic carbocycles. The van der Waals surface area contributed by atoms with Crippen LogP contribution in [0.25, 0.3) is 11.1 Å². The zero-order valence-electron chi connectivity index (χ0n) is 26.2.